The molecule has 0 atom stereocenters. The van der Waals surface area contributed by atoms with Gasteiger partial charge < -0.3 is 14.6 Å². The number of carbonyl (C=O) groups is 2. The summed E-state index contributed by atoms with van der Waals surface area (Å²) < 4.78 is 10.5. The van der Waals surface area contributed by atoms with E-state index in [2.05, 4.69) is 10.1 Å². The lowest BCUT2D eigenvalue weighted by molar-refractivity contribution is 0.0607. The number of aromatic nitrogens is 1. The minimum absolute atomic E-state index is 0.108. The van der Waals surface area contributed by atoms with Gasteiger partial charge in [-0.3, -0.25) is 4.79 Å². The molecule has 0 aromatic carbocycles. The van der Waals surface area contributed by atoms with E-state index in [0.717, 1.165) is 16.1 Å². The summed E-state index contributed by atoms with van der Waals surface area (Å²) in [6.45, 7) is 1.50. The van der Waals surface area contributed by atoms with Gasteiger partial charge >= 0.3 is 11.6 Å². The number of amides is 1. The molecule has 0 saturated heterocycles. The van der Waals surface area contributed by atoms with Gasteiger partial charge in [-0.1, -0.05) is 0 Å². The molecule has 0 aliphatic rings. The van der Waals surface area contributed by atoms with Crippen LogP contribution >= 0.6 is 11.3 Å². The highest BCUT2D eigenvalue weighted by atomic mass is 32.1. The first-order valence-electron chi connectivity index (χ1n) is 5.59. The van der Waals surface area contributed by atoms with Crippen molar-refractivity contribution in [3.8, 4) is 0 Å². The highest BCUT2D eigenvalue weighted by Gasteiger charge is 2.21. The zero-order valence-electron chi connectivity index (χ0n) is 11.1. The van der Waals surface area contributed by atoms with Crippen LogP contribution in [-0.2, 0) is 11.8 Å². The average molecular weight is 296 g/mol. The normalized spacial score (nSPS) is 10.3. The van der Waals surface area contributed by atoms with Crippen molar-refractivity contribution >= 4 is 28.9 Å². The highest BCUT2D eigenvalue weighted by Crippen LogP contribution is 2.23. The first kappa shape index (κ1) is 14.1. The number of rotatable bonds is 3. The Morgan fingerprint density at radius 3 is 2.70 bits per heavy atom. The number of esters is 1. The number of ether oxygens (including phenoxy) is 1. The van der Waals surface area contributed by atoms with Gasteiger partial charge in [-0.15, -0.1) is 11.3 Å². The second kappa shape index (κ2) is 5.33. The molecule has 1 amide bonds. The van der Waals surface area contributed by atoms with Crippen LogP contribution in [0, 0.1) is 6.92 Å². The Labute approximate surface area is 117 Å². The summed E-state index contributed by atoms with van der Waals surface area (Å²) in [4.78, 5) is 35.3. The maximum absolute atomic E-state index is 12.2. The third kappa shape index (κ3) is 2.37. The molecular weight excluding hydrogens is 284 g/mol. The number of carbonyl (C=O) groups excluding carboxylic acids is 2. The van der Waals surface area contributed by atoms with E-state index >= 15 is 0 Å². The van der Waals surface area contributed by atoms with Gasteiger partial charge in [0.2, 0.25) is 0 Å². The van der Waals surface area contributed by atoms with Crippen LogP contribution in [-0.4, -0.2) is 23.7 Å². The van der Waals surface area contributed by atoms with Crippen LogP contribution < -0.4 is 10.9 Å². The van der Waals surface area contributed by atoms with E-state index < -0.39 is 17.5 Å². The Kier molecular flexibility index (Phi) is 3.75. The molecule has 0 fully saturated rings. The van der Waals surface area contributed by atoms with Crippen molar-refractivity contribution in [2.24, 2.45) is 7.05 Å². The van der Waals surface area contributed by atoms with Gasteiger partial charge in [0.1, 0.15) is 10.6 Å². The monoisotopic (exact) mass is 296 g/mol. The number of nitrogens with one attached hydrogen (secondary N) is 1. The lowest BCUT2D eigenvalue weighted by Gasteiger charge is -2.05. The Morgan fingerprint density at radius 2 is 2.15 bits per heavy atom. The minimum atomic E-state index is -0.573. The molecule has 0 aliphatic heterocycles. The Bertz CT molecular complexity index is 725. The zero-order valence-corrected chi connectivity index (χ0v) is 11.9. The summed E-state index contributed by atoms with van der Waals surface area (Å²) in [5.74, 6) is -1.06. The molecule has 106 valence electrons. The van der Waals surface area contributed by atoms with Crippen LogP contribution in [0.25, 0.3) is 0 Å². The van der Waals surface area contributed by atoms with Gasteiger partial charge in [-0.05, 0) is 18.4 Å². The molecule has 0 radical (unpaired) electrons. The SMILES string of the molecule is COC(=O)c1sccc1NC(=O)c1c(C)c(=O)on1C. The van der Waals surface area contributed by atoms with E-state index in [9.17, 15) is 14.4 Å². The quantitative estimate of drug-likeness (QED) is 0.864. The maximum atomic E-state index is 12.2. The highest BCUT2D eigenvalue weighted by molar-refractivity contribution is 7.12. The van der Waals surface area contributed by atoms with Crippen molar-refractivity contribution in [2.75, 3.05) is 12.4 Å². The van der Waals surface area contributed by atoms with E-state index in [1.165, 1.54) is 21.1 Å². The van der Waals surface area contributed by atoms with E-state index in [-0.39, 0.29) is 16.1 Å². The van der Waals surface area contributed by atoms with Crippen LogP contribution in [0.1, 0.15) is 25.7 Å². The van der Waals surface area contributed by atoms with Crippen LogP contribution in [0.4, 0.5) is 5.69 Å². The second-order valence-electron chi connectivity index (χ2n) is 3.96. The summed E-state index contributed by atoms with van der Waals surface area (Å²) in [6.07, 6.45) is 0. The number of aryl methyl sites for hydroxylation is 1. The summed E-state index contributed by atoms with van der Waals surface area (Å²) in [5, 5.41) is 4.22. The molecule has 2 aromatic rings. The van der Waals surface area contributed by atoms with Gasteiger partial charge in [0.05, 0.1) is 18.4 Å². The maximum Gasteiger partial charge on any atom is 0.361 e. The lowest BCUT2D eigenvalue weighted by atomic mass is 10.2. The Hall–Kier alpha value is -2.35. The number of thiophene rings is 1. The van der Waals surface area contributed by atoms with Crippen LogP contribution in [0.3, 0.4) is 0 Å². The zero-order chi connectivity index (χ0) is 14.9. The summed E-state index contributed by atoms with van der Waals surface area (Å²) >= 11 is 1.15. The summed E-state index contributed by atoms with van der Waals surface area (Å²) in [6, 6.07) is 1.59. The van der Waals surface area contributed by atoms with Gasteiger partial charge in [-0.2, -0.15) is 0 Å². The standard InChI is InChI=1S/C12H12N2O5S/c1-6-8(14(2)19-11(6)16)10(15)13-7-4-5-20-9(7)12(17)18-3/h4-5H,1-3H3,(H,13,15). The fraction of sp³-hybridized carbons (Fsp3) is 0.250. The number of anilines is 1. The van der Waals surface area contributed by atoms with Gasteiger partial charge in [0, 0.05) is 7.05 Å². The van der Waals surface area contributed by atoms with E-state index in [4.69, 9.17) is 4.52 Å². The van der Waals surface area contributed by atoms with Crippen LogP contribution in [0.2, 0.25) is 0 Å². The van der Waals surface area contributed by atoms with Gasteiger partial charge in [0.25, 0.3) is 5.91 Å². The van der Waals surface area contributed by atoms with Gasteiger partial charge in [-0.25, -0.2) is 14.3 Å². The molecule has 2 rings (SSSR count). The predicted octanol–water partition coefficient (Wildman–Crippen LogP) is 1.39. The molecular formula is C12H12N2O5S. The van der Waals surface area contributed by atoms with E-state index in [0.29, 0.717) is 5.69 Å². The molecule has 0 unspecified atom stereocenters. The predicted molar refractivity (Wildman–Crippen MR) is 72.3 cm³/mol. The largest absolute Gasteiger partial charge is 0.465 e. The fourth-order valence-corrected chi connectivity index (χ4v) is 2.49. The minimum Gasteiger partial charge on any atom is -0.465 e. The third-order valence-electron chi connectivity index (χ3n) is 2.70. The molecule has 20 heavy (non-hydrogen) atoms. The van der Waals surface area contributed by atoms with Crippen molar-refractivity contribution in [3.63, 3.8) is 0 Å². The smallest absolute Gasteiger partial charge is 0.361 e. The molecule has 2 heterocycles. The first-order chi connectivity index (χ1) is 9.45. The van der Waals surface area contributed by atoms with Crippen molar-refractivity contribution in [1.29, 1.82) is 0 Å². The van der Waals surface area contributed by atoms with Crippen LogP contribution in [0.15, 0.2) is 20.8 Å². The van der Waals surface area contributed by atoms with Crippen molar-refractivity contribution in [2.45, 2.75) is 6.92 Å². The van der Waals surface area contributed by atoms with E-state index in [1.54, 1.807) is 11.4 Å². The molecule has 8 heteroatoms. The second-order valence-corrected chi connectivity index (χ2v) is 4.88. The Balaban J connectivity index is 2.31. The van der Waals surface area contributed by atoms with Crippen LogP contribution in [0.5, 0.6) is 0 Å². The van der Waals surface area contributed by atoms with Crippen molar-refractivity contribution in [3.05, 3.63) is 38.0 Å². The Morgan fingerprint density at radius 1 is 1.45 bits per heavy atom. The number of hydrogen-bond acceptors (Lipinski definition) is 6. The molecule has 0 saturated carbocycles. The fourth-order valence-electron chi connectivity index (χ4n) is 1.72. The topological polar surface area (TPSA) is 90.5 Å². The first-order valence-corrected chi connectivity index (χ1v) is 6.47. The molecule has 0 aliphatic carbocycles. The molecule has 7 nitrogen and oxygen atoms in total. The number of nitrogens with zero attached hydrogens (tertiary/aromatic N) is 1. The van der Waals surface area contributed by atoms with Gasteiger partial charge in [0.15, 0.2) is 0 Å². The molecule has 2 aromatic heterocycles. The molecule has 0 bridgehead atoms. The summed E-state index contributed by atoms with van der Waals surface area (Å²) in [7, 11) is 2.72. The van der Waals surface area contributed by atoms with Crippen molar-refractivity contribution in [1.82, 2.24) is 4.74 Å². The van der Waals surface area contributed by atoms with Crippen molar-refractivity contribution < 1.29 is 18.8 Å². The lowest BCUT2D eigenvalue weighted by Crippen LogP contribution is -2.18. The average Bonchev–Trinajstić information content (AvgIpc) is 2.94. The molecule has 1 N–H and O–H groups in total. The number of hydrogen-bond donors (Lipinski definition) is 1. The summed E-state index contributed by atoms with van der Waals surface area (Å²) in [5.41, 5.74) is 0.0768. The third-order valence-corrected chi connectivity index (χ3v) is 3.59. The number of methoxy groups -OCH3 is 1. The van der Waals surface area contributed by atoms with E-state index in [1.807, 2.05) is 0 Å². The molecule has 0 spiro atoms.